The Labute approximate surface area is 151 Å². The Morgan fingerprint density at radius 2 is 1.96 bits per heavy atom. The monoisotopic (exact) mass is 359 g/mol. The number of hydrogen-bond acceptors (Lipinski definition) is 6. The van der Waals surface area contributed by atoms with Crippen LogP contribution >= 0.6 is 0 Å². The van der Waals surface area contributed by atoms with Gasteiger partial charge >= 0.3 is 0 Å². The highest BCUT2D eigenvalue weighted by atomic mass is 16.6. The van der Waals surface area contributed by atoms with E-state index in [0.717, 1.165) is 5.56 Å². The van der Waals surface area contributed by atoms with Crippen molar-refractivity contribution in [3.05, 3.63) is 69.8 Å². The average molecular weight is 359 g/mol. The molecular weight excluding hydrogens is 338 g/mol. The van der Waals surface area contributed by atoms with E-state index < -0.39 is 11.0 Å². The first-order valence-electron chi connectivity index (χ1n) is 8.04. The molecule has 0 saturated heterocycles. The zero-order valence-corrected chi connectivity index (χ0v) is 14.3. The number of ether oxygens (including phenoxy) is 1. The lowest BCUT2D eigenvalue weighted by Crippen LogP contribution is -2.44. The molecule has 0 spiro atoms. The van der Waals surface area contributed by atoms with Gasteiger partial charge in [-0.05, 0) is 23.3 Å². The molecule has 26 heavy (non-hydrogen) atoms. The highest BCUT2D eigenvalue weighted by Crippen LogP contribution is 2.17. The number of nitrogens with one attached hydrogen (secondary N) is 2. The van der Waals surface area contributed by atoms with Gasteiger partial charge in [0.05, 0.1) is 11.5 Å². The summed E-state index contributed by atoms with van der Waals surface area (Å²) in [6.07, 6.45) is 0. The second kappa shape index (κ2) is 9.50. The van der Waals surface area contributed by atoms with Gasteiger partial charge in [0.2, 0.25) is 5.91 Å². The zero-order chi connectivity index (χ0) is 18.9. The minimum absolute atomic E-state index is 0.0297. The molecule has 0 saturated carbocycles. The molecule has 0 bridgehead atoms. The topological polar surface area (TPSA) is 114 Å². The van der Waals surface area contributed by atoms with Gasteiger partial charge < -0.3 is 15.2 Å². The van der Waals surface area contributed by atoms with Crippen LogP contribution in [-0.4, -0.2) is 35.6 Å². The molecule has 0 fully saturated rings. The third kappa shape index (κ3) is 5.54. The minimum atomic E-state index is -0.662. The average Bonchev–Trinajstić information content (AvgIpc) is 2.67. The molecule has 2 aromatic carbocycles. The highest BCUT2D eigenvalue weighted by molar-refractivity contribution is 5.81. The number of nitro groups is 1. The maximum atomic E-state index is 11.5. The number of nitro benzene ring substituents is 1. The van der Waals surface area contributed by atoms with Crippen molar-refractivity contribution in [1.82, 2.24) is 10.6 Å². The van der Waals surface area contributed by atoms with Crippen molar-refractivity contribution in [3.63, 3.8) is 0 Å². The van der Waals surface area contributed by atoms with Crippen LogP contribution in [0.25, 0.3) is 0 Å². The SMILES string of the molecule is CNC(=O)[C@@H](CO)NCc1ccc(OCc2cccc([N+](=O)[O-])c2)cc1. The standard InChI is InChI=1S/C18H21N3O5/c1-19-18(23)17(11-22)20-10-13-5-7-16(8-6-13)26-12-14-3-2-4-15(9-14)21(24)25/h2-9,17,20,22H,10-12H2,1H3,(H,19,23)/t17-/m1/s1. The van der Waals surface area contributed by atoms with Crippen molar-refractivity contribution in [2.75, 3.05) is 13.7 Å². The number of likely N-dealkylation sites (N-methyl/N-ethyl adjacent to an activating group) is 1. The Balaban J connectivity index is 1.88. The molecular formula is C18H21N3O5. The summed E-state index contributed by atoms with van der Waals surface area (Å²) >= 11 is 0. The Kier molecular flexibility index (Phi) is 7.07. The van der Waals surface area contributed by atoms with Crippen molar-refractivity contribution >= 4 is 11.6 Å². The molecule has 0 heterocycles. The van der Waals surface area contributed by atoms with Crippen LogP contribution in [0.2, 0.25) is 0 Å². The number of rotatable bonds is 9. The van der Waals surface area contributed by atoms with E-state index >= 15 is 0 Å². The molecule has 8 heteroatoms. The van der Waals surface area contributed by atoms with Crippen LogP contribution in [0.4, 0.5) is 5.69 Å². The number of amides is 1. The van der Waals surface area contributed by atoms with E-state index in [4.69, 9.17) is 4.74 Å². The van der Waals surface area contributed by atoms with E-state index in [1.807, 2.05) is 12.1 Å². The number of nitrogens with zero attached hydrogens (tertiary/aromatic N) is 1. The number of hydrogen-bond donors (Lipinski definition) is 3. The van der Waals surface area contributed by atoms with Crippen LogP contribution in [0, 0.1) is 10.1 Å². The molecule has 1 atom stereocenters. The van der Waals surface area contributed by atoms with Gasteiger partial charge in [-0.15, -0.1) is 0 Å². The fraction of sp³-hybridized carbons (Fsp3) is 0.278. The van der Waals surface area contributed by atoms with Gasteiger partial charge in [-0.25, -0.2) is 0 Å². The Bertz CT molecular complexity index is 749. The lowest BCUT2D eigenvalue weighted by Gasteiger charge is -2.14. The van der Waals surface area contributed by atoms with Crippen LogP contribution < -0.4 is 15.4 Å². The molecule has 2 aromatic rings. The van der Waals surface area contributed by atoms with Crippen LogP contribution in [0.15, 0.2) is 48.5 Å². The molecule has 0 aromatic heterocycles. The number of non-ortho nitro benzene ring substituents is 1. The van der Waals surface area contributed by atoms with E-state index in [0.29, 0.717) is 17.9 Å². The van der Waals surface area contributed by atoms with E-state index in [1.54, 1.807) is 24.3 Å². The molecule has 0 unspecified atom stereocenters. The van der Waals surface area contributed by atoms with Crippen LogP contribution in [0.1, 0.15) is 11.1 Å². The van der Waals surface area contributed by atoms with Gasteiger partial charge in [0.15, 0.2) is 0 Å². The summed E-state index contributed by atoms with van der Waals surface area (Å²) in [7, 11) is 1.51. The van der Waals surface area contributed by atoms with Crippen molar-refractivity contribution in [2.24, 2.45) is 0 Å². The van der Waals surface area contributed by atoms with Crippen LogP contribution in [0.5, 0.6) is 5.75 Å². The summed E-state index contributed by atoms with van der Waals surface area (Å²) in [6, 6.07) is 12.9. The zero-order valence-electron chi connectivity index (χ0n) is 14.3. The maximum Gasteiger partial charge on any atom is 0.269 e. The van der Waals surface area contributed by atoms with Gasteiger partial charge in [0.1, 0.15) is 18.4 Å². The van der Waals surface area contributed by atoms with Gasteiger partial charge in [-0.2, -0.15) is 0 Å². The quantitative estimate of drug-likeness (QED) is 0.460. The van der Waals surface area contributed by atoms with E-state index in [9.17, 15) is 20.0 Å². The molecule has 1 amide bonds. The first kappa shape index (κ1) is 19.4. The van der Waals surface area contributed by atoms with E-state index in [1.165, 1.54) is 19.2 Å². The van der Waals surface area contributed by atoms with Crippen LogP contribution in [0.3, 0.4) is 0 Å². The van der Waals surface area contributed by atoms with Gasteiger partial charge in [0.25, 0.3) is 5.69 Å². The van der Waals surface area contributed by atoms with E-state index in [-0.39, 0.29) is 24.8 Å². The molecule has 3 N–H and O–H groups in total. The fourth-order valence-electron chi connectivity index (χ4n) is 2.29. The predicted octanol–water partition coefficient (Wildman–Crippen LogP) is 1.37. The summed E-state index contributed by atoms with van der Waals surface area (Å²) in [5.41, 5.74) is 1.67. The number of carbonyl (C=O) groups is 1. The number of aliphatic hydroxyl groups is 1. The normalized spacial score (nSPS) is 11.6. The summed E-state index contributed by atoms with van der Waals surface area (Å²) in [4.78, 5) is 21.8. The Morgan fingerprint density at radius 3 is 2.58 bits per heavy atom. The molecule has 8 nitrogen and oxygen atoms in total. The maximum absolute atomic E-state index is 11.5. The summed E-state index contributed by atoms with van der Waals surface area (Å²) in [5, 5.41) is 25.4. The van der Waals surface area contributed by atoms with Crippen molar-refractivity contribution in [2.45, 2.75) is 19.2 Å². The largest absolute Gasteiger partial charge is 0.489 e. The van der Waals surface area contributed by atoms with Crippen molar-refractivity contribution < 1.29 is 19.6 Å². The first-order chi connectivity index (χ1) is 12.5. The smallest absolute Gasteiger partial charge is 0.269 e. The number of aliphatic hydroxyl groups excluding tert-OH is 1. The second-order valence-corrected chi connectivity index (χ2v) is 5.59. The third-order valence-corrected chi connectivity index (χ3v) is 3.75. The van der Waals surface area contributed by atoms with Gasteiger partial charge in [-0.1, -0.05) is 24.3 Å². The predicted molar refractivity (Wildman–Crippen MR) is 95.7 cm³/mol. The first-order valence-corrected chi connectivity index (χ1v) is 8.04. The van der Waals surface area contributed by atoms with Crippen molar-refractivity contribution in [1.29, 1.82) is 0 Å². The molecule has 0 aliphatic carbocycles. The Morgan fingerprint density at radius 1 is 1.23 bits per heavy atom. The Hall–Kier alpha value is -2.97. The minimum Gasteiger partial charge on any atom is -0.489 e. The summed E-state index contributed by atoms with van der Waals surface area (Å²) in [6.45, 7) is 0.358. The fourth-order valence-corrected chi connectivity index (χ4v) is 2.29. The molecule has 0 radical (unpaired) electrons. The van der Waals surface area contributed by atoms with Crippen molar-refractivity contribution in [3.8, 4) is 5.75 Å². The third-order valence-electron chi connectivity index (χ3n) is 3.75. The molecule has 2 rings (SSSR count). The van der Waals surface area contributed by atoms with Crippen LogP contribution in [-0.2, 0) is 17.9 Å². The second-order valence-electron chi connectivity index (χ2n) is 5.59. The molecule has 0 aliphatic rings. The lowest BCUT2D eigenvalue weighted by molar-refractivity contribution is -0.384. The molecule has 0 aliphatic heterocycles. The van der Waals surface area contributed by atoms with Gasteiger partial charge in [0, 0.05) is 25.7 Å². The number of benzene rings is 2. The summed E-state index contributed by atoms with van der Waals surface area (Å²) < 4.78 is 5.64. The van der Waals surface area contributed by atoms with E-state index in [2.05, 4.69) is 10.6 Å². The lowest BCUT2D eigenvalue weighted by atomic mass is 10.2. The van der Waals surface area contributed by atoms with Gasteiger partial charge in [-0.3, -0.25) is 20.2 Å². The highest BCUT2D eigenvalue weighted by Gasteiger charge is 2.14. The number of carbonyl (C=O) groups excluding carboxylic acids is 1. The summed E-state index contributed by atoms with van der Waals surface area (Å²) in [5.74, 6) is 0.356. The molecule has 138 valence electrons.